The monoisotopic (exact) mass is 335 g/mol. The zero-order valence-corrected chi connectivity index (χ0v) is 14.2. The number of fused-ring (bicyclic) bond motifs is 2. The first kappa shape index (κ1) is 17.0. The molecule has 24 heavy (non-hydrogen) atoms. The van der Waals surface area contributed by atoms with Crippen LogP contribution in [-0.2, 0) is 4.74 Å². The highest BCUT2D eigenvalue weighted by molar-refractivity contribution is 5.90. The van der Waals surface area contributed by atoms with E-state index in [1.807, 2.05) is 0 Å². The molecular weight excluding hydrogens is 310 g/mol. The van der Waals surface area contributed by atoms with Crippen molar-refractivity contribution in [2.45, 2.75) is 43.9 Å². The molecule has 1 N–H and O–H groups in total. The number of hydrogen-bond acceptors (Lipinski definition) is 6. The number of piperidine rings is 1. The number of carbonyl (C=O) groups excluding carboxylic acids is 1. The van der Waals surface area contributed by atoms with Crippen LogP contribution in [0.2, 0.25) is 0 Å². The summed E-state index contributed by atoms with van der Waals surface area (Å²) in [6, 6.07) is 5.89. The van der Waals surface area contributed by atoms with Gasteiger partial charge in [0.05, 0.1) is 26.4 Å². The first-order chi connectivity index (χ1) is 11.7. The first-order valence-corrected chi connectivity index (χ1v) is 8.46. The Kier molecular flexibility index (Phi) is 5.26. The molecule has 0 aliphatic carbocycles. The van der Waals surface area contributed by atoms with Crippen LogP contribution in [0.3, 0.4) is 0 Å². The van der Waals surface area contributed by atoms with Gasteiger partial charge in [-0.05, 0) is 31.0 Å². The van der Waals surface area contributed by atoms with E-state index in [-0.39, 0.29) is 18.7 Å². The van der Waals surface area contributed by atoms with Gasteiger partial charge in [0.2, 0.25) is 0 Å². The molecule has 1 aromatic rings. The van der Waals surface area contributed by atoms with Gasteiger partial charge >= 0.3 is 5.97 Å². The predicted octanol–water partition coefficient (Wildman–Crippen LogP) is 1.85. The molecule has 2 atom stereocenters. The molecule has 2 aliphatic heterocycles. The summed E-state index contributed by atoms with van der Waals surface area (Å²) in [7, 11) is 3.10. The number of rotatable bonds is 6. The Morgan fingerprint density at radius 3 is 2.42 bits per heavy atom. The number of aliphatic hydroxyl groups excluding tert-OH is 1. The van der Waals surface area contributed by atoms with Crippen molar-refractivity contribution in [1.82, 2.24) is 4.90 Å². The van der Waals surface area contributed by atoms with Gasteiger partial charge in [0.25, 0.3) is 0 Å². The van der Waals surface area contributed by atoms with Gasteiger partial charge in [-0.25, -0.2) is 4.79 Å². The van der Waals surface area contributed by atoms with Crippen LogP contribution in [0, 0.1) is 0 Å². The summed E-state index contributed by atoms with van der Waals surface area (Å²) >= 11 is 0. The van der Waals surface area contributed by atoms with Crippen molar-refractivity contribution in [2.24, 2.45) is 0 Å². The smallest absolute Gasteiger partial charge is 0.338 e. The molecule has 0 saturated carbocycles. The molecule has 0 spiro atoms. The summed E-state index contributed by atoms with van der Waals surface area (Å²) in [6.45, 7) is 0.898. The Morgan fingerprint density at radius 2 is 1.83 bits per heavy atom. The van der Waals surface area contributed by atoms with Crippen molar-refractivity contribution < 1.29 is 24.1 Å². The summed E-state index contributed by atoms with van der Waals surface area (Å²) in [6.07, 6.45) is 3.87. The van der Waals surface area contributed by atoms with Gasteiger partial charge in [-0.15, -0.1) is 0 Å². The van der Waals surface area contributed by atoms with Crippen LogP contribution < -0.4 is 9.47 Å². The molecule has 2 heterocycles. The van der Waals surface area contributed by atoms with Crippen LogP contribution in [0.4, 0.5) is 0 Å². The lowest BCUT2D eigenvalue weighted by Gasteiger charge is -2.38. The zero-order valence-electron chi connectivity index (χ0n) is 14.2. The van der Waals surface area contributed by atoms with Gasteiger partial charge in [-0.3, -0.25) is 4.90 Å². The summed E-state index contributed by atoms with van der Waals surface area (Å²) in [5.74, 6) is 0.783. The number of carbonyl (C=O) groups is 1. The zero-order chi connectivity index (χ0) is 17.1. The van der Waals surface area contributed by atoms with Gasteiger partial charge in [0, 0.05) is 31.5 Å². The second-order valence-electron chi connectivity index (χ2n) is 6.41. The molecule has 1 aromatic carbocycles. The molecule has 6 nitrogen and oxygen atoms in total. The van der Waals surface area contributed by atoms with Gasteiger partial charge < -0.3 is 19.3 Å². The highest BCUT2D eigenvalue weighted by atomic mass is 16.5. The normalized spacial score (nSPS) is 26.2. The highest BCUT2D eigenvalue weighted by Gasteiger charge is 2.41. The number of aliphatic hydroxyl groups is 1. The molecule has 2 unspecified atom stereocenters. The minimum Gasteiger partial charge on any atom is -0.493 e. The number of ether oxygens (including phenoxy) is 3. The number of nitrogens with zero attached hydrogens (tertiary/aromatic N) is 1. The van der Waals surface area contributed by atoms with Crippen molar-refractivity contribution in [2.75, 3.05) is 27.4 Å². The number of esters is 1. The molecule has 0 aromatic heterocycles. The number of methoxy groups -OCH3 is 2. The Labute approximate surface area is 142 Å². The quantitative estimate of drug-likeness (QED) is 0.800. The first-order valence-electron chi connectivity index (χ1n) is 8.46. The van der Waals surface area contributed by atoms with Gasteiger partial charge in [0.15, 0.2) is 11.5 Å². The summed E-state index contributed by atoms with van der Waals surface area (Å²) < 4.78 is 16.2. The maximum Gasteiger partial charge on any atom is 0.338 e. The van der Waals surface area contributed by atoms with Crippen LogP contribution in [0.25, 0.3) is 0 Å². The fourth-order valence-corrected chi connectivity index (χ4v) is 3.98. The van der Waals surface area contributed by atoms with Crippen molar-refractivity contribution in [3.8, 4) is 11.5 Å². The van der Waals surface area contributed by atoms with E-state index >= 15 is 0 Å². The van der Waals surface area contributed by atoms with Gasteiger partial charge in [-0.1, -0.05) is 0 Å². The van der Waals surface area contributed by atoms with Gasteiger partial charge in [-0.2, -0.15) is 0 Å². The van der Waals surface area contributed by atoms with Crippen LogP contribution >= 0.6 is 0 Å². The van der Waals surface area contributed by atoms with E-state index in [1.54, 1.807) is 32.4 Å². The summed E-state index contributed by atoms with van der Waals surface area (Å²) in [5.41, 5.74) is 0.470. The van der Waals surface area contributed by atoms with Crippen molar-refractivity contribution in [3.05, 3.63) is 23.8 Å². The van der Waals surface area contributed by atoms with Crippen LogP contribution in [0.5, 0.6) is 11.5 Å². The molecular formula is C18H25NO5. The fraction of sp³-hybridized carbons (Fsp3) is 0.611. The SMILES string of the molecule is COc1ccc(C(=O)OC2CC3CCC(C2)N3CCO)cc1OC. The minimum absolute atomic E-state index is 0.0574. The lowest BCUT2D eigenvalue weighted by atomic mass is 9.99. The van der Waals surface area contributed by atoms with Crippen molar-refractivity contribution in [1.29, 1.82) is 0 Å². The standard InChI is InChI=1S/C18H25NO5/c1-22-16-6-3-12(9-17(16)23-2)18(21)24-15-10-13-4-5-14(11-15)19(13)7-8-20/h3,6,9,13-15,20H,4-5,7-8,10-11H2,1-2H3. The lowest BCUT2D eigenvalue weighted by molar-refractivity contribution is -0.00921. The third kappa shape index (κ3) is 3.35. The van der Waals surface area contributed by atoms with Crippen molar-refractivity contribution in [3.63, 3.8) is 0 Å². The molecule has 0 amide bonds. The third-order valence-corrected chi connectivity index (χ3v) is 5.09. The van der Waals surface area contributed by atoms with Gasteiger partial charge in [0.1, 0.15) is 6.10 Å². The Balaban J connectivity index is 1.64. The average molecular weight is 335 g/mol. The van der Waals surface area contributed by atoms with Crippen LogP contribution in [0.15, 0.2) is 18.2 Å². The van der Waals surface area contributed by atoms with E-state index in [0.717, 1.165) is 25.7 Å². The second kappa shape index (κ2) is 7.40. The maximum absolute atomic E-state index is 12.4. The molecule has 132 valence electrons. The van der Waals surface area contributed by atoms with E-state index in [1.165, 1.54) is 0 Å². The number of benzene rings is 1. The van der Waals surface area contributed by atoms with Crippen LogP contribution in [0.1, 0.15) is 36.0 Å². The van der Waals surface area contributed by atoms with E-state index < -0.39 is 0 Å². The van der Waals surface area contributed by atoms with Crippen LogP contribution in [-0.4, -0.2) is 61.5 Å². The Hall–Kier alpha value is -1.79. The van der Waals surface area contributed by atoms with E-state index in [0.29, 0.717) is 35.7 Å². The largest absolute Gasteiger partial charge is 0.493 e. The molecule has 0 radical (unpaired) electrons. The van der Waals surface area contributed by atoms with Crippen molar-refractivity contribution >= 4 is 5.97 Å². The van der Waals surface area contributed by atoms with E-state index in [2.05, 4.69) is 4.90 Å². The maximum atomic E-state index is 12.4. The summed E-state index contributed by atoms with van der Waals surface area (Å²) in [4.78, 5) is 14.8. The fourth-order valence-electron chi connectivity index (χ4n) is 3.98. The molecule has 2 saturated heterocycles. The second-order valence-corrected chi connectivity index (χ2v) is 6.41. The predicted molar refractivity (Wildman–Crippen MR) is 88.6 cm³/mol. The molecule has 3 rings (SSSR count). The highest BCUT2D eigenvalue weighted by Crippen LogP contribution is 2.37. The van der Waals surface area contributed by atoms with E-state index in [9.17, 15) is 9.90 Å². The topological polar surface area (TPSA) is 68.2 Å². The molecule has 2 fully saturated rings. The Bertz CT molecular complexity index is 577. The lowest BCUT2D eigenvalue weighted by Crippen LogP contribution is -2.46. The van der Waals surface area contributed by atoms with E-state index in [4.69, 9.17) is 14.2 Å². The molecule has 2 bridgehead atoms. The average Bonchev–Trinajstić information content (AvgIpc) is 2.83. The molecule has 2 aliphatic rings. The summed E-state index contributed by atoms with van der Waals surface area (Å²) in [5, 5.41) is 9.18. The minimum atomic E-state index is -0.323. The number of hydrogen-bond donors (Lipinski definition) is 1. The molecule has 6 heteroatoms. The Morgan fingerprint density at radius 1 is 1.17 bits per heavy atom. The third-order valence-electron chi connectivity index (χ3n) is 5.09.